The number of aromatic nitrogens is 2. The van der Waals surface area contributed by atoms with E-state index in [1.807, 2.05) is 60.7 Å². The Balaban J connectivity index is 1.80. The van der Waals surface area contributed by atoms with E-state index in [0.29, 0.717) is 23.5 Å². The summed E-state index contributed by atoms with van der Waals surface area (Å²) in [6.07, 6.45) is 0. The third kappa shape index (κ3) is 3.50. The van der Waals surface area contributed by atoms with Gasteiger partial charge in [-0.15, -0.1) is 0 Å². The minimum absolute atomic E-state index is 0.316. The predicted molar refractivity (Wildman–Crippen MR) is 95.7 cm³/mol. The number of nitrogens with zero attached hydrogens (tertiary/aromatic N) is 2. The third-order valence-electron chi connectivity index (χ3n) is 4.02. The van der Waals surface area contributed by atoms with Crippen LogP contribution in [0.15, 0.2) is 60.7 Å². The molecule has 25 heavy (non-hydrogen) atoms. The van der Waals surface area contributed by atoms with E-state index >= 15 is 0 Å². The molecule has 0 unspecified atom stereocenters. The summed E-state index contributed by atoms with van der Waals surface area (Å²) >= 11 is 0. The molecule has 5 nitrogen and oxygen atoms in total. The van der Waals surface area contributed by atoms with Crippen molar-refractivity contribution >= 4 is 11.7 Å². The molecule has 0 spiro atoms. The summed E-state index contributed by atoms with van der Waals surface area (Å²) in [4.78, 5) is 24.9. The molecule has 0 fully saturated rings. The van der Waals surface area contributed by atoms with Gasteiger partial charge in [-0.25, -0.2) is 4.68 Å². The first-order chi connectivity index (χ1) is 12.1. The van der Waals surface area contributed by atoms with Crippen LogP contribution in [0.2, 0.25) is 0 Å². The van der Waals surface area contributed by atoms with Crippen molar-refractivity contribution in [3.8, 4) is 5.69 Å². The van der Waals surface area contributed by atoms with E-state index in [0.717, 1.165) is 11.3 Å². The SMILES string of the molecule is Cc1nn(-c2ccccc2)c(C)c1C(=O)C(=O)NCc1ccccc1. The van der Waals surface area contributed by atoms with Gasteiger partial charge in [-0.1, -0.05) is 48.5 Å². The third-order valence-corrected chi connectivity index (χ3v) is 4.02. The monoisotopic (exact) mass is 333 g/mol. The molecule has 3 aromatic rings. The standard InChI is InChI=1S/C20H19N3O2/c1-14-18(15(2)23(22-14)17-11-7-4-8-12-17)19(24)20(25)21-13-16-9-5-3-6-10-16/h3-12H,13H2,1-2H3,(H,21,25). The van der Waals surface area contributed by atoms with E-state index in [4.69, 9.17) is 0 Å². The van der Waals surface area contributed by atoms with Gasteiger partial charge in [0.1, 0.15) is 0 Å². The second kappa shape index (κ2) is 7.13. The quantitative estimate of drug-likeness (QED) is 0.577. The molecular formula is C20H19N3O2. The number of benzene rings is 2. The normalized spacial score (nSPS) is 10.5. The highest BCUT2D eigenvalue weighted by atomic mass is 16.2. The van der Waals surface area contributed by atoms with Crippen molar-refractivity contribution in [3.05, 3.63) is 83.2 Å². The average Bonchev–Trinajstić information content (AvgIpc) is 2.95. The summed E-state index contributed by atoms with van der Waals surface area (Å²) in [5, 5.41) is 7.09. The van der Waals surface area contributed by atoms with Crippen LogP contribution in [0.4, 0.5) is 0 Å². The molecule has 2 aromatic carbocycles. The van der Waals surface area contributed by atoms with Gasteiger partial charge in [0, 0.05) is 6.54 Å². The van der Waals surface area contributed by atoms with Gasteiger partial charge in [-0.2, -0.15) is 5.10 Å². The number of carbonyl (C=O) groups is 2. The number of hydrogen-bond donors (Lipinski definition) is 1. The molecule has 1 aromatic heterocycles. The average molecular weight is 333 g/mol. The number of Topliss-reactive ketones (excluding diaryl/α,β-unsaturated/α-hetero) is 1. The molecule has 1 heterocycles. The maximum Gasteiger partial charge on any atom is 0.292 e. The smallest absolute Gasteiger partial charge is 0.292 e. The van der Waals surface area contributed by atoms with Crippen LogP contribution in [0, 0.1) is 13.8 Å². The first-order valence-electron chi connectivity index (χ1n) is 8.06. The van der Waals surface area contributed by atoms with Crippen molar-refractivity contribution in [3.63, 3.8) is 0 Å². The Morgan fingerprint density at radius 2 is 1.56 bits per heavy atom. The van der Waals surface area contributed by atoms with Gasteiger partial charge < -0.3 is 5.32 Å². The maximum absolute atomic E-state index is 12.6. The zero-order valence-corrected chi connectivity index (χ0v) is 14.2. The molecule has 1 amide bonds. The van der Waals surface area contributed by atoms with Gasteiger partial charge in [0.05, 0.1) is 22.6 Å². The van der Waals surface area contributed by atoms with Crippen LogP contribution in [-0.4, -0.2) is 21.5 Å². The van der Waals surface area contributed by atoms with E-state index in [1.165, 1.54) is 0 Å². The van der Waals surface area contributed by atoms with Crippen molar-refractivity contribution in [1.29, 1.82) is 0 Å². The fourth-order valence-electron chi connectivity index (χ4n) is 2.76. The highest BCUT2D eigenvalue weighted by Crippen LogP contribution is 2.18. The Kier molecular flexibility index (Phi) is 4.75. The van der Waals surface area contributed by atoms with Crippen LogP contribution < -0.4 is 5.32 Å². The van der Waals surface area contributed by atoms with Crippen LogP contribution in [0.1, 0.15) is 27.3 Å². The van der Waals surface area contributed by atoms with Gasteiger partial charge in [0.25, 0.3) is 11.7 Å². The molecule has 0 saturated carbocycles. The lowest BCUT2D eigenvalue weighted by atomic mass is 10.1. The lowest BCUT2D eigenvalue weighted by molar-refractivity contribution is -0.117. The number of nitrogens with one attached hydrogen (secondary N) is 1. The molecular weight excluding hydrogens is 314 g/mol. The van der Waals surface area contributed by atoms with Crippen LogP contribution >= 0.6 is 0 Å². The molecule has 126 valence electrons. The molecule has 0 aliphatic carbocycles. The van der Waals surface area contributed by atoms with Gasteiger partial charge in [0.15, 0.2) is 0 Å². The number of hydrogen-bond acceptors (Lipinski definition) is 3. The first kappa shape index (κ1) is 16.6. The van der Waals surface area contributed by atoms with Crippen LogP contribution in [0.5, 0.6) is 0 Å². The van der Waals surface area contributed by atoms with Crippen molar-refractivity contribution in [1.82, 2.24) is 15.1 Å². The first-order valence-corrected chi connectivity index (χ1v) is 8.06. The Morgan fingerprint density at radius 1 is 0.960 bits per heavy atom. The highest BCUT2D eigenvalue weighted by molar-refractivity contribution is 6.43. The number of rotatable bonds is 5. The molecule has 3 rings (SSSR count). The van der Waals surface area contributed by atoms with Crippen LogP contribution in [0.25, 0.3) is 5.69 Å². The van der Waals surface area contributed by atoms with Gasteiger partial charge >= 0.3 is 0 Å². The number of ketones is 1. The highest BCUT2D eigenvalue weighted by Gasteiger charge is 2.24. The summed E-state index contributed by atoms with van der Waals surface area (Å²) in [5.74, 6) is -1.18. The Morgan fingerprint density at radius 3 is 2.20 bits per heavy atom. The fourth-order valence-corrected chi connectivity index (χ4v) is 2.76. The molecule has 0 atom stereocenters. The minimum Gasteiger partial charge on any atom is -0.345 e. The van der Waals surface area contributed by atoms with E-state index in [-0.39, 0.29) is 0 Å². The number of carbonyl (C=O) groups excluding carboxylic acids is 2. The zero-order valence-electron chi connectivity index (χ0n) is 14.2. The molecule has 0 aliphatic heterocycles. The maximum atomic E-state index is 12.6. The molecule has 0 radical (unpaired) electrons. The van der Waals surface area contributed by atoms with Crippen LogP contribution in [-0.2, 0) is 11.3 Å². The predicted octanol–water partition coefficient (Wildman–Crippen LogP) is 2.99. The molecule has 5 heteroatoms. The van der Waals surface area contributed by atoms with Crippen LogP contribution in [0.3, 0.4) is 0 Å². The van der Waals surface area contributed by atoms with E-state index in [9.17, 15) is 9.59 Å². The number of aryl methyl sites for hydroxylation is 1. The molecule has 1 N–H and O–H groups in total. The van der Waals surface area contributed by atoms with Gasteiger partial charge in [-0.05, 0) is 31.5 Å². The summed E-state index contributed by atoms with van der Waals surface area (Å²) in [6, 6.07) is 19.0. The van der Waals surface area contributed by atoms with Crippen molar-refractivity contribution in [2.45, 2.75) is 20.4 Å². The number of para-hydroxylation sites is 1. The molecule has 0 saturated heterocycles. The Hall–Kier alpha value is -3.21. The largest absolute Gasteiger partial charge is 0.345 e. The van der Waals surface area contributed by atoms with E-state index < -0.39 is 11.7 Å². The minimum atomic E-state index is -0.623. The fraction of sp³-hybridized carbons (Fsp3) is 0.150. The van der Waals surface area contributed by atoms with Gasteiger partial charge in [0.2, 0.25) is 0 Å². The summed E-state index contributed by atoms with van der Waals surface area (Å²) in [6.45, 7) is 3.85. The summed E-state index contributed by atoms with van der Waals surface area (Å²) in [7, 11) is 0. The molecule has 0 bridgehead atoms. The summed E-state index contributed by atoms with van der Waals surface area (Å²) in [5.41, 5.74) is 3.35. The lowest BCUT2D eigenvalue weighted by Crippen LogP contribution is -2.31. The summed E-state index contributed by atoms with van der Waals surface area (Å²) < 4.78 is 1.69. The molecule has 0 aliphatic rings. The second-order valence-corrected chi connectivity index (χ2v) is 5.79. The topological polar surface area (TPSA) is 64.0 Å². The second-order valence-electron chi connectivity index (χ2n) is 5.79. The van der Waals surface area contributed by atoms with Crippen molar-refractivity contribution < 1.29 is 9.59 Å². The van der Waals surface area contributed by atoms with Crippen molar-refractivity contribution in [2.75, 3.05) is 0 Å². The Bertz CT molecular complexity index is 899. The Labute approximate surface area is 146 Å². The lowest BCUT2D eigenvalue weighted by Gasteiger charge is -2.06. The number of amides is 1. The van der Waals surface area contributed by atoms with E-state index in [2.05, 4.69) is 10.4 Å². The van der Waals surface area contributed by atoms with E-state index in [1.54, 1.807) is 18.5 Å². The van der Waals surface area contributed by atoms with Crippen molar-refractivity contribution in [2.24, 2.45) is 0 Å². The zero-order chi connectivity index (χ0) is 17.8. The van der Waals surface area contributed by atoms with Gasteiger partial charge in [-0.3, -0.25) is 9.59 Å².